The Hall–Kier alpha value is -5.14. The molecule has 236 valence electrons. The molecule has 1 aromatic heterocycles. The van der Waals surface area contributed by atoms with E-state index < -0.39 is 35.6 Å². The van der Waals surface area contributed by atoms with Crippen LogP contribution in [0.15, 0.2) is 72.8 Å². The van der Waals surface area contributed by atoms with Crippen molar-refractivity contribution in [2.75, 3.05) is 11.9 Å². The average Bonchev–Trinajstić information content (AvgIpc) is 3.54. The predicted octanol–water partition coefficient (Wildman–Crippen LogP) is 7.02. The zero-order valence-corrected chi connectivity index (χ0v) is 24.3. The Kier molecular flexibility index (Phi) is 7.94. The molecule has 0 atom stereocenters. The molecule has 0 fully saturated rings. The molecule has 0 bridgehead atoms. The van der Waals surface area contributed by atoms with Gasteiger partial charge in [0.1, 0.15) is 18.0 Å². The van der Waals surface area contributed by atoms with Gasteiger partial charge in [0.25, 0.3) is 5.91 Å². The maximum Gasteiger partial charge on any atom is 0.586 e. The number of alkyl halides is 5. The van der Waals surface area contributed by atoms with Gasteiger partial charge < -0.3 is 23.8 Å². The molecule has 0 radical (unpaired) electrons. The number of hydrogen-bond donors (Lipinski definition) is 0. The Bertz CT molecular complexity index is 1750. The molecule has 5 rings (SSSR count). The monoisotopic (exact) mass is 631 g/mol. The number of aromatic nitrogens is 2. The average molecular weight is 632 g/mol. The van der Waals surface area contributed by atoms with Gasteiger partial charge in [-0.3, -0.25) is 4.79 Å². The Morgan fingerprint density at radius 2 is 1.60 bits per heavy atom. The van der Waals surface area contributed by atoms with Crippen molar-refractivity contribution in [3.63, 3.8) is 0 Å². The van der Waals surface area contributed by atoms with Crippen LogP contribution < -0.4 is 19.1 Å². The topological polar surface area (TPSA) is 92.1 Å². The summed E-state index contributed by atoms with van der Waals surface area (Å²) >= 11 is 0. The highest BCUT2D eigenvalue weighted by molar-refractivity contribution is 6.06. The zero-order valence-electron chi connectivity index (χ0n) is 24.3. The number of fused-ring (bicyclic) bond motifs is 1. The third-order valence-electron chi connectivity index (χ3n) is 6.36. The van der Waals surface area contributed by atoms with Crippen LogP contribution in [0.3, 0.4) is 0 Å². The van der Waals surface area contributed by atoms with Crippen LogP contribution in [-0.4, -0.2) is 40.6 Å². The van der Waals surface area contributed by atoms with Gasteiger partial charge in [-0.2, -0.15) is 18.3 Å². The van der Waals surface area contributed by atoms with Crippen molar-refractivity contribution in [2.45, 2.75) is 45.5 Å². The van der Waals surface area contributed by atoms with Gasteiger partial charge in [-0.1, -0.05) is 6.07 Å². The molecule has 4 aromatic rings. The Balaban J connectivity index is 1.37. The lowest BCUT2D eigenvalue weighted by atomic mass is 10.1. The number of rotatable bonds is 7. The fraction of sp³-hybridized carbons (Fsp3) is 0.258. The smallest absolute Gasteiger partial charge is 0.487 e. The Labute approximate surface area is 253 Å². The first-order valence-corrected chi connectivity index (χ1v) is 13.4. The fourth-order valence-electron chi connectivity index (χ4n) is 4.29. The van der Waals surface area contributed by atoms with Crippen LogP contribution in [0.5, 0.6) is 17.2 Å². The summed E-state index contributed by atoms with van der Waals surface area (Å²) in [5.41, 5.74) is -1.16. The van der Waals surface area contributed by atoms with Crippen LogP contribution in [0, 0.1) is 0 Å². The second-order valence-electron chi connectivity index (χ2n) is 11.0. The van der Waals surface area contributed by atoms with Crippen molar-refractivity contribution in [3.8, 4) is 22.9 Å². The molecule has 0 unspecified atom stereocenters. The number of carbonyl (C=O) groups is 2. The molecule has 1 amide bonds. The first-order chi connectivity index (χ1) is 21.0. The van der Waals surface area contributed by atoms with Crippen molar-refractivity contribution < 1.29 is 50.5 Å². The van der Waals surface area contributed by atoms with E-state index in [1.54, 1.807) is 20.8 Å². The number of hydrogen-bond acceptors (Lipinski definition) is 7. The summed E-state index contributed by atoms with van der Waals surface area (Å²) in [5.74, 6) is -1.31. The third kappa shape index (κ3) is 7.16. The molecular formula is C31H26F5N3O6. The number of carbonyl (C=O) groups excluding carboxylic acids is 2. The molecule has 3 aromatic carbocycles. The fourth-order valence-corrected chi connectivity index (χ4v) is 4.29. The molecule has 0 aliphatic carbocycles. The summed E-state index contributed by atoms with van der Waals surface area (Å²) in [5, 5.41) is 3.72. The van der Waals surface area contributed by atoms with Crippen LogP contribution in [0.1, 0.15) is 52.9 Å². The third-order valence-corrected chi connectivity index (χ3v) is 6.36. The lowest BCUT2D eigenvalue weighted by Crippen LogP contribution is -2.26. The van der Waals surface area contributed by atoms with Crippen LogP contribution in [-0.2, 0) is 17.5 Å². The molecular weight excluding hydrogens is 605 g/mol. The SMILES string of the molecule is CN(C(=O)c1cccc(-n2nc(C(F)(F)F)cc2COc2ccc(C(=O)OC(C)(C)C)cc2)c1)c1ccc2c(c1)OC(F)(F)O2. The van der Waals surface area contributed by atoms with Gasteiger partial charge in [-0.25, -0.2) is 9.48 Å². The van der Waals surface area contributed by atoms with Gasteiger partial charge in [0.05, 0.1) is 16.9 Å². The molecule has 0 saturated heterocycles. The predicted molar refractivity (Wildman–Crippen MR) is 150 cm³/mol. The van der Waals surface area contributed by atoms with Gasteiger partial charge >= 0.3 is 18.4 Å². The van der Waals surface area contributed by atoms with E-state index >= 15 is 0 Å². The minimum Gasteiger partial charge on any atom is -0.487 e. The van der Waals surface area contributed by atoms with Gasteiger partial charge in [0.15, 0.2) is 17.2 Å². The number of esters is 1. The summed E-state index contributed by atoms with van der Waals surface area (Å²) in [7, 11) is 1.40. The second-order valence-corrected chi connectivity index (χ2v) is 11.0. The van der Waals surface area contributed by atoms with Gasteiger partial charge in [-0.15, -0.1) is 8.78 Å². The highest BCUT2D eigenvalue weighted by Gasteiger charge is 2.43. The van der Waals surface area contributed by atoms with Gasteiger partial charge in [0.2, 0.25) is 0 Å². The second kappa shape index (κ2) is 11.4. The molecule has 0 saturated carbocycles. The van der Waals surface area contributed by atoms with Crippen LogP contribution in [0.2, 0.25) is 0 Å². The number of nitrogens with zero attached hydrogens (tertiary/aromatic N) is 3. The number of benzene rings is 3. The molecule has 45 heavy (non-hydrogen) atoms. The molecule has 14 heteroatoms. The van der Waals surface area contributed by atoms with Crippen molar-refractivity contribution in [1.82, 2.24) is 9.78 Å². The molecule has 0 spiro atoms. The molecule has 2 heterocycles. The summed E-state index contributed by atoms with van der Waals surface area (Å²) in [6.45, 7) is 4.86. The summed E-state index contributed by atoms with van der Waals surface area (Å²) in [6, 6.07) is 16.3. The quantitative estimate of drug-likeness (QED) is 0.160. The lowest BCUT2D eigenvalue weighted by molar-refractivity contribution is -0.286. The zero-order chi connectivity index (χ0) is 32.7. The number of amides is 1. The maximum atomic E-state index is 13.7. The first kappa shape index (κ1) is 31.3. The van der Waals surface area contributed by atoms with E-state index in [4.69, 9.17) is 9.47 Å². The van der Waals surface area contributed by atoms with Crippen molar-refractivity contribution in [3.05, 3.63) is 95.3 Å². The van der Waals surface area contributed by atoms with E-state index in [9.17, 15) is 31.5 Å². The lowest BCUT2D eigenvalue weighted by Gasteiger charge is -2.19. The van der Waals surface area contributed by atoms with E-state index in [0.717, 1.165) is 15.6 Å². The molecule has 1 aliphatic rings. The standard InChI is InChI=1S/C31H26F5N3O6/c1-29(2,3)45-28(41)18-8-11-23(12-9-18)42-17-22-16-26(30(32,33)34)37-39(22)21-7-5-6-19(14-21)27(40)38(4)20-10-13-24-25(15-20)44-31(35,36)43-24/h5-16H,17H2,1-4H3. The summed E-state index contributed by atoms with van der Waals surface area (Å²) in [6.07, 6.45) is -8.60. The van der Waals surface area contributed by atoms with E-state index in [-0.39, 0.29) is 52.1 Å². The minimum atomic E-state index is -4.77. The normalized spacial score (nSPS) is 13.8. The minimum absolute atomic E-state index is 0.0215. The van der Waals surface area contributed by atoms with Crippen molar-refractivity contribution in [1.29, 1.82) is 0 Å². The largest absolute Gasteiger partial charge is 0.586 e. The van der Waals surface area contributed by atoms with Gasteiger partial charge in [0, 0.05) is 24.4 Å². The maximum absolute atomic E-state index is 13.7. The highest BCUT2D eigenvalue weighted by Crippen LogP contribution is 2.43. The van der Waals surface area contributed by atoms with Crippen LogP contribution in [0.25, 0.3) is 5.69 Å². The highest BCUT2D eigenvalue weighted by atomic mass is 19.4. The van der Waals surface area contributed by atoms with Gasteiger partial charge in [-0.05, 0) is 81.4 Å². The van der Waals surface area contributed by atoms with Crippen LogP contribution in [0.4, 0.5) is 27.6 Å². The van der Waals surface area contributed by atoms with E-state index in [1.165, 1.54) is 73.8 Å². The molecule has 9 nitrogen and oxygen atoms in total. The van der Waals surface area contributed by atoms with Crippen molar-refractivity contribution >= 4 is 17.6 Å². The number of halogens is 5. The van der Waals surface area contributed by atoms with E-state index in [0.29, 0.717) is 0 Å². The first-order valence-electron chi connectivity index (χ1n) is 13.4. The number of anilines is 1. The molecule has 1 aliphatic heterocycles. The Morgan fingerprint density at radius 1 is 0.911 bits per heavy atom. The number of ether oxygens (including phenoxy) is 4. The summed E-state index contributed by atoms with van der Waals surface area (Å²) in [4.78, 5) is 26.7. The van der Waals surface area contributed by atoms with E-state index in [1.807, 2.05) is 0 Å². The Morgan fingerprint density at radius 3 is 2.27 bits per heavy atom. The van der Waals surface area contributed by atoms with Crippen LogP contribution >= 0.6 is 0 Å². The van der Waals surface area contributed by atoms with Crippen molar-refractivity contribution in [2.24, 2.45) is 0 Å². The summed E-state index contributed by atoms with van der Waals surface area (Å²) < 4.78 is 88.7. The molecule has 0 N–H and O–H groups in total. The van der Waals surface area contributed by atoms with E-state index in [2.05, 4.69) is 14.6 Å².